The van der Waals surface area contributed by atoms with E-state index in [1.54, 1.807) is 0 Å². The minimum atomic E-state index is -4.23. The van der Waals surface area contributed by atoms with E-state index in [-0.39, 0.29) is 36.2 Å². The van der Waals surface area contributed by atoms with E-state index in [2.05, 4.69) is 11.1 Å². The third-order valence-corrected chi connectivity index (χ3v) is 2.44. The third-order valence-electron chi connectivity index (χ3n) is 1.98. The van der Waals surface area contributed by atoms with Gasteiger partial charge in [-0.15, -0.1) is 0 Å². The Morgan fingerprint density at radius 1 is 1.00 bits per heavy atom. The van der Waals surface area contributed by atoms with Crippen molar-refractivity contribution in [1.82, 2.24) is 0 Å². The Bertz CT molecular complexity index is 216. The van der Waals surface area contributed by atoms with E-state index in [0.29, 0.717) is 6.42 Å². The first-order valence-corrected chi connectivity index (χ1v) is 6.54. The molecule has 0 fully saturated rings. The van der Waals surface area contributed by atoms with E-state index < -0.39 is 10.4 Å². The van der Waals surface area contributed by atoms with Gasteiger partial charge in [0, 0.05) is 29.6 Å². The molecule has 0 saturated heterocycles. The van der Waals surface area contributed by atoms with Crippen molar-refractivity contribution in [1.29, 1.82) is 0 Å². The predicted octanol–water partition coefficient (Wildman–Crippen LogP) is 2.18. The zero-order chi connectivity index (χ0) is 10.9. The summed E-state index contributed by atoms with van der Waals surface area (Å²) in [6.45, 7) is 2.26. The quantitative estimate of drug-likeness (QED) is 0.385. The van der Waals surface area contributed by atoms with Crippen LogP contribution in [0.5, 0.6) is 0 Å². The van der Waals surface area contributed by atoms with Crippen LogP contribution in [0.1, 0.15) is 51.9 Å². The maximum absolute atomic E-state index is 10.1. The van der Waals surface area contributed by atoms with Crippen molar-refractivity contribution >= 4 is 40.0 Å². The zero-order valence-electron chi connectivity index (χ0n) is 9.74. The summed E-state index contributed by atoms with van der Waals surface area (Å²) in [4.78, 5) is 0. The Kier molecular flexibility index (Phi) is 13.8. The van der Waals surface area contributed by atoms with Crippen LogP contribution in [0.4, 0.5) is 0 Å². The second kappa shape index (κ2) is 11.4. The fraction of sp³-hybridized carbons (Fsp3) is 1.00. The molecule has 0 spiro atoms. The third kappa shape index (κ3) is 17.5. The summed E-state index contributed by atoms with van der Waals surface area (Å²) in [7, 11) is -4.23. The molecule has 1 N–H and O–H groups in total. The summed E-state index contributed by atoms with van der Waals surface area (Å²) in [5, 5.41) is 0. The van der Waals surface area contributed by atoms with Crippen LogP contribution >= 0.6 is 0 Å². The topological polar surface area (TPSA) is 63.6 Å². The van der Waals surface area contributed by atoms with Gasteiger partial charge in [-0.25, -0.2) is 4.18 Å². The Labute approximate surface area is 115 Å². The van der Waals surface area contributed by atoms with Crippen LogP contribution in [0.25, 0.3) is 0 Å². The summed E-state index contributed by atoms with van der Waals surface area (Å²) in [5.74, 6) is 0. The molecule has 4 nitrogen and oxygen atoms in total. The van der Waals surface area contributed by atoms with Gasteiger partial charge in [-0.05, 0) is 6.42 Å². The van der Waals surface area contributed by atoms with Gasteiger partial charge in [-0.2, -0.15) is 8.42 Å². The van der Waals surface area contributed by atoms with Gasteiger partial charge in [-0.3, -0.25) is 4.55 Å². The predicted molar refractivity (Wildman–Crippen MR) is 61.2 cm³/mol. The molecule has 6 heteroatoms. The van der Waals surface area contributed by atoms with E-state index in [1.807, 2.05) is 0 Å². The molecule has 0 heterocycles. The van der Waals surface area contributed by atoms with Crippen LogP contribution in [-0.4, -0.2) is 49.1 Å². The van der Waals surface area contributed by atoms with Gasteiger partial charge in [-0.1, -0.05) is 45.4 Å². The molecular formula is C9H20NaO4S. The van der Waals surface area contributed by atoms with E-state index in [9.17, 15) is 8.42 Å². The molecule has 0 amide bonds. The van der Waals surface area contributed by atoms with Crippen molar-refractivity contribution in [3.8, 4) is 0 Å². The summed E-state index contributed by atoms with van der Waals surface area (Å²) < 4.78 is 32.7. The molecule has 0 unspecified atom stereocenters. The van der Waals surface area contributed by atoms with Crippen molar-refractivity contribution in [3.05, 3.63) is 0 Å². The van der Waals surface area contributed by atoms with Gasteiger partial charge in [0.25, 0.3) is 0 Å². The van der Waals surface area contributed by atoms with E-state index in [4.69, 9.17) is 4.55 Å². The zero-order valence-corrected chi connectivity index (χ0v) is 12.6. The van der Waals surface area contributed by atoms with E-state index in [0.717, 1.165) is 12.8 Å². The minimum absolute atomic E-state index is 0. The molecule has 0 saturated carbocycles. The molecule has 15 heavy (non-hydrogen) atoms. The van der Waals surface area contributed by atoms with Crippen molar-refractivity contribution in [2.75, 3.05) is 6.61 Å². The number of rotatable bonds is 9. The Hall–Kier alpha value is 0.870. The SMILES string of the molecule is CCCCCCCCCOS(=O)(=O)O.[Na]. The summed E-state index contributed by atoms with van der Waals surface area (Å²) >= 11 is 0. The molecule has 0 aliphatic carbocycles. The minimum Gasteiger partial charge on any atom is -0.264 e. The smallest absolute Gasteiger partial charge is 0.264 e. The van der Waals surface area contributed by atoms with Crippen molar-refractivity contribution in [2.45, 2.75) is 51.9 Å². The van der Waals surface area contributed by atoms with Crippen molar-refractivity contribution in [3.63, 3.8) is 0 Å². The van der Waals surface area contributed by atoms with E-state index >= 15 is 0 Å². The molecular weight excluding hydrogens is 227 g/mol. The Morgan fingerprint density at radius 2 is 1.47 bits per heavy atom. The number of hydrogen-bond donors (Lipinski definition) is 1. The molecule has 0 aliphatic rings. The molecule has 1 radical (unpaired) electrons. The van der Waals surface area contributed by atoms with Crippen LogP contribution in [0, 0.1) is 0 Å². The molecule has 0 aromatic heterocycles. The maximum Gasteiger partial charge on any atom is 0.397 e. The molecule has 0 aromatic rings. The summed E-state index contributed by atoms with van der Waals surface area (Å²) in [6.07, 6.45) is 7.68. The second-order valence-corrected chi connectivity index (χ2v) is 4.46. The first-order chi connectivity index (χ1) is 6.56. The largest absolute Gasteiger partial charge is 0.397 e. The van der Waals surface area contributed by atoms with Crippen LogP contribution in [0.3, 0.4) is 0 Å². The summed E-state index contributed by atoms with van der Waals surface area (Å²) in [6, 6.07) is 0. The van der Waals surface area contributed by atoms with Gasteiger partial charge in [0.1, 0.15) is 0 Å². The number of unbranched alkanes of at least 4 members (excludes halogenated alkanes) is 6. The van der Waals surface area contributed by atoms with Crippen LogP contribution in [0.2, 0.25) is 0 Å². The standard InChI is InChI=1S/C9H20O4S.Na/c1-2-3-4-5-6-7-8-9-13-14(10,11)12;/h2-9H2,1H3,(H,10,11,12);. The van der Waals surface area contributed by atoms with Crippen molar-refractivity contribution in [2.24, 2.45) is 0 Å². The molecule has 87 valence electrons. The summed E-state index contributed by atoms with van der Waals surface area (Å²) in [5.41, 5.74) is 0. The van der Waals surface area contributed by atoms with Gasteiger partial charge in [0.2, 0.25) is 0 Å². The number of hydrogen-bond acceptors (Lipinski definition) is 3. The van der Waals surface area contributed by atoms with Crippen LogP contribution in [0.15, 0.2) is 0 Å². The molecule has 0 aromatic carbocycles. The molecule has 0 rings (SSSR count). The average molecular weight is 247 g/mol. The second-order valence-electron chi connectivity index (χ2n) is 3.37. The monoisotopic (exact) mass is 247 g/mol. The average Bonchev–Trinajstić information content (AvgIpc) is 2.08. The molecule has 0 bridgehead atoms. The normalized spacial score (nSPS) is 11.1. The van der Waals surface area contributed by atoms with E-state index in [1.165, 1.54) is 25.7 Å². The molecule has 0 aliphatic heterocycles. The first kappa shape index (κ1) is 18.2. The van der Waals surface area contributed by atoms with Crippen molar-refractivity contribution < 1.29 is 17.2 Å². The fourth-order valence-electron chi connectivity index (χ4n) is 1.22. The van der Waals surface area contributed by atoms with Gasteiger partial charge >= 0.3 is 10.4 Å². The Morgan fingerprint density at radius 3 is 1.93 bits per heavy atom. The van der Waals surface area contributed by atoms with Crippen LogP contribution in [-0.2, 0) is 14.6 Å². The van der Waals surface area contributed by atoms with Gasteiger partial charge in [0.15, 0.2) is 0 Å². The molecule has 0 atom stereocenters. The van der Waals surface area contributed by atoms with Gasteiger partial charge in [0.05, 0.1) is 6.61 Å². The maximum atomic E-state index is 10.1. The van der Waals surface area contributed by atoms with Gasteiger partial charge < -0.3 is 0 Å². The fourth-order valence-corrected chi connectivity index (χ4v) is 1.55. The first-order valence-electron chi connectivity index (χ1n) is 5.18. The van der Waals surface area contributed by atoms with Crippen LogP contribution < -0.4 is 0 Å². The Balaban J connectivity index is 0.